The van der Waals surface area contributed by atoms with Crippen LogP contribution in [0, 0.1) is 5.92 Å². The number of hydrogen-bond donors (Lipinski definition) is 1. The molecule has 0 amide bonds. The molecule has 3 nitrogen and oxygen atoms in total. The van der Waals surface area contributed by atoms with E-state index in [0.29, 0.717) is 16.9 Å². The monoisotopic (exact) mass is 308 g/mol. The lowest BCUT2D eigenvalue weighted by atomic mass is 9.78. The van der Waals surface area contributed by atoms with Gasteiger partial charge in [0.1, 0.15) is 0 Å². The minimum atomic E-state index is -4.35. The zero-order chi connectivity index (χ0) is 14.8. The molecule has 1 fully saturated rings. The van der Waals surface area contributed by atoms with Gasteiger partial charge in [0.15, 0.2) is 5.01 Å². The second-order valence-corrected chi connectivity index (χ2v) is 6.12. The molecule has 1 N–H and O–H groups in total. The summed E-state index contributed by atoms with van der Waals surface area (Å²) in [5.74, 6) is 0.514. The highest BCUT2D eigenvalue weighted by atomic mass is 32.1. The summed E-state index contributed by atoms with van der Waals surface area (Å²) in [6.07, 6.45) is 0.146. The van der Waals surface area contributed by atoms with Crippen molar-refractivity contribution in [2.75, 3.05) is 13.7 Å². The molecule has 1 aliphatic rings. The van der Waals surface area contributed by atoms with Crippen molar-refractivity contribution < 1.29 is 17.9 Å². The van der Waals surface area contributed by atoms with Gasteiger partial charge >= 0.3 is 6.18 Å². The van der Waals surface area contributed by atoms with Crippen LogP contribution in [-0.2, 0) is 10.9 Å². The maximum absolute atomic E-state index is 12.6. The number of alkyl halides is 3. The van der Waals surface area contributed by atoms with E-state index in [2.05, 4.69) is 10.3 Å². The lowest BCUT2D eigenvalue weighted by Crippen LogP contribution is -2.34. The molecular weight excluding hydrogens is 289 g/mol. The van der Waals surface area contributed by atoms with E-state index in [1.54, 1.807) is 7.05 Å². The third kappa shape index (κ3) is 3.71. The fourth-order valence-electron chi connectivity index (χ4n) is 2.53. The smallest absolute Gasteiger partial charge is 0.378 e. The number of ether oxygens (including phenoxy) is 1. The fraction of sp³-hybridized carbons (Fsp3) is 0.769. The summed E-state index contributed by atoms with van der Waals surface area (Å²) < 4.78 is 43.2. The van der Waals surface area contributed by atoms with E-state index in [0.717, 1.165) is 37.2 Å². The van der Waals surface area contributed by atoms with Crippen molar-refractivity contribution in [2.24, 2.45) is 5.92 Å². The molecule has 1 aliphatic carbocycles. The summed E-state index contributed by atoms with van der Waals surface area (Å²) in [4.78, 5) is 4.13. The van der Waals surface area contributed by atoms with Gasteiger partial charge in [0, 0.05) is 23.7 Å². The van der Waals surface area contributed by atoms with Crippen molar-refractivity contribution in [3.8, 4) is 0 Å². The van der Waals surface area contributed by atoms with Gasteiger partial charge in [-0.05, 0) is 39.2 Å². The van der Waals surface area contributed by atoms with E-state index in [-0.39, 0.29) is 6.04 Å². The predicted octanol–water partition coefficient (Wildman–Crippen LogP) is 3.63. The molecule has 0 aliphatic heterocycles. The molecule has 1 aromatic rings. The van der Waals surface area contributed by atoms with Gasteiger partial charge in [-0.3, -0.25) is 0 Å². The lowest BCUT2D eigenvalue weighted by Gasteiger charge is -2.36. The molecule has 0 bridgehead atoms. The Bertz CT molecular complexity index is 429. The standard InChI is InChI=1S/C13H19F3N2OS/c1-3-19-9-4-8(5-9)6-10(17-2)11-7-18-12(20-11)13(14,15)16/h7-10,17H,3-6H2,1-2H3. The summed E-state index contributed by atoms with van der Waals surface area (Å²) in [6.45, 7) is 2.69. The second-order valence-electron chi connectivity index (χ2n) is 5.06. The number of nitrogens with zero attached hydrogens (tertiary/aromatic N) is 1. The quantitative estimate of drug-likeness (QED) is 0.871. The number of aromatic nitrogens is 1. The summed E-state index contributed by atoms with van der Waals surface area (Å²) >= 11 is 0.730. The Morgan fingerprint density at radius 1 is 1.50 bits per heavy atom. The third-order valence-corrected chi connectivity index (χ3v) is 4.78. The number of nitrogens with one attached hydrogen (secondary N) is 1. The first kappa shape index (κ1) is 15.7. The van der Waals surface area contributed by atoms with Gasteiger partial charge in [0.25, 0.3) is 0 Å². The maximum atomic E-state index is 12.6. The van der Waals surface area contributed by atoms with Gasteiger partial charge in [0.05, 0.1) is 6.10 Å². The molecule has 0 saturated heterocycles. The summed E-state index contributed by atoms with van der Waals surface area (Å²) in [5, 5.41) is 2.32. The van der Waals surface area contributed by atoms with Crippen LogP contribution in [0.5, 0.6) is 0 Å². The topological polar surface area (TPSA) is 34.1 Å². The van der Waals surface area contributed by atoms with E-state index in [4.69, 9.17) is 4.74 Å². The number of rotatable bonds is 6. The van der Waals surface area contributed by atoms with Gasteiger partial charge in [-0.2, -0.15) is 13.2 Å². The molecule has 0 spiro atoms. The van der Waals surface area contributed by atoms with Crippen LogP contribution in [0.25, 0.3) is 0 Å². The largest absolute Gasteiger partial charge is 0.443 e. The molecule has 7 heteroatoms. The van der Waals surface area contributed by atoms with Crippen LogP contribution >= 0.6 is 11.3 Å². The van der Waals surface area contributed by atoms with E-state index in [1.807, 2.05) is 6.92 Å². The predicted molar refractivity (Wildman–Crippen MR) is 71.7 cm³/mol. The molecule has 2 rings (SSSR count). The molecule has 1 saturated carbocycles. The Kier molecular flexibility index (Phi) is 5.04. The Morgan fingerprint density at radius 3 is 2.70 bits per heavy atom. The SMILES string of the molecule is CCOC1CC(CC(NC)c2cnc(C(F)(F)F)s2)C1. The number of thiazole rings is 1. The zero-order valence-corrected chi connectivity index (χ0v) is 12.4. The highest BCUT2D eigenvalue weighted by molar-refractivity contribution is 7.11. The lowest BCUT2D eigenvalue weighted by molar-refractivity contribution is -0.137. The zero-order valence-electron chi connectivity index (χ0n) is 11.5. The average molecular weight is 308 g/mol. The van der Waals surface area contributed by atoms with E-state index >= 15 is 0 Å². The Morgan fingerprint density at radius 2 is 2.20 bits per heavy atom. The first-order chi connectivity index (χ1) is 9.44. The van der Waals surface area contributed by atoms with Gasteiger partial charge in [-0.25, -0.2) is 4.98 Å². The van der Waals surface area contributed by atoms with Gasteiger partial charge in [-0.1, -0.05) is 0 Å². The Labute approximate surface area is 120 Å². The van der Waals surface area contributed by atoms with Crippen LogP contribution in [0.4, 0.5) is 13.2 Å². The van der Waals surface area contributed by atoms with Crippen molar-refractivity contribution in [3.63, 3.8) is 0 Å². The van der Waals surface area contributed by atoms with Crippen molar-refractivity contribution in [2.45, 2.75) is 44.5 Å². The summed E-state index contributed by atoms with van der Waals surface area (Å²) in [5.41, 5.74) is 0. The normalized spacial score (nSPS) is 24.4. The maximum Gasteiger partial charge on any atom is 0.443 e. The van der Waals surface area contributed by atoms with Crippen molar-refractivity contribution in [3.05, 3.63) is 16.1 Å². The van der Waals surface area contributed by atoms with Crippen LogP contribution < -0.4 is 5.32 Å². The fourth-order valence-corrected chi connectivity index (χ4v) is 3.43. The first-order valence-corrected chi connectivity index (χ1v) is 7.57. The molecule has 0 aromatic carbocycles. The highest BCUT2D eigenvalue weighted by Gasteiger charge is 2.36. The number of hydrogen-bond acceptors (Lipinski definition) is 4. The molecule has 1 aromatic heterocycles. The van der Waals surface area contributed by atoms with Crippen molar-refractivity contribution in [1.82, 2.24) is 10.3 Å². The molecular formula is C13H19F3N2OS. The molecule has 114 valence electrons. The van der Waals surface area contributed by atoms with E-state index < -0.39 is 11.2 Å². The van der Waals surface area contributed by atoms with Crippen molar-refractivity contribution >= 4 is 11.3 Å². The highest BCUT2D eigenvalue weighted by Crippen LogP contribution is 2.40. The van der Waals surface area contributed by atoms with Crippen LogP contribution in [0.15, 0.2) is 6.20 Å². The molecule has 1 unspecified atom stereocenters. The van der Waals surface area contributed by atoms with Gasteiger partial charge in [-0.15, -0.1) is 11.3 Å². The molecule has 1 atom stereocenters. The third-order valence-electron chi connectivity index (χ3n) is 3.62. The summed E-state index contributed by atoms with van der Waals surface area (Å²) in [7, 11) is 1.77. The van der Waals surface area contributed by atoms with Crippen LogP contribution in [-0.4, -0.2) is 24.7 Å². The minimum absolute atomic E-state index is 0.0591. The van der Waals surface area contributed by atoms with E-state index in [9.17, 15) is 13.2 Å². The number of halogens is 3. The van der Waals surface area contributed by atoms with Gasteiger partial charge in [0.2, 0.25) is 0 Å². The molecule has 20 heavy (non-hydrogen) atoms. The van der Waals surface area contributed by atoms with Crippen LogP contribution in [0.1, 0.15) is 42.1 Å². The Balaban J connectivity index is 1.91. The van der Waals surface area contributed by atoms with Gasteiger partial charge < -0.3 is 10.1 Å². The average Bonchev–Trinajstić information content (AvgIpc) is 2.81. The van der Waals surface area contributed by atoms with Crippen LogP contribution in [0.3, 0.4) is 0 Å². The second kappa shape index (κ2) is 6.41. The Hall–Kier alpha value is -0.660. The first-order valence-electron chi connectivity index (χ1n) is 6.75. The molecule has 1 heterocycles. The minimum Gasteiger partial charge on any atom is -0.378 e. The van der Waals surface area contributed by atoms with E-state index in [1.165, 1.54) is 6.20 Å². The summed E-state index contributed by atoms with van der Waals surface area (Å²) in [6, 6.07) is -0.0591. The van der Waals surface area contributed by atoms with Crippen molar-refractivity contribution in [1.29, 1.82) is 0 Å². The van der Waals surface area contributed by atoms with Crippen LogP contribution in [0.2, 0.25) is 0 Å². The molecule has 0 radical (unpaired) electrons.